The fraction of sp³-hybridized carbons (Fsp3) is 0.246. The topological polar surface area (TPSA) is 164 Å². The molecule has 6 aromatic carbocycles. The van der Waals surface area contributed by atoms with E-state index in [0.29, 0.717) is 45.3 Å². The van der Waals surface area contributed by atoms with Gasteiger partial charge in [-0.2, -0.15) is 0 Å². The van der Waals surface area contributed by atoms with E-state index in [1.54, 1.807) is 45.0 Å². The van der Waals surface area contributed by atoms with E-state index in [0.717, 1.165) is 64.8 Å². The van der Waals surface area contributed by atoms with E-state index in [1.807, 2.05) is 48.5 Å². The van der Waals surface area contributed by atoms with Crippen molar-refractivity contribution in [2.24, 2.45) is 0 Å². The molecule has 422 valence electrons. The molecule has 0 aromatic heterocycles. The predicted octanol–water partition coefficient (Wildman–Crippen LogP) is 15.1. The highest BCUT2D eigenvalue weighted by molar-refractivity contribution is 5.91. The second-order valence-corrected chi connectivity index (χ2v) is 19.3. The lowest BCUT2D eigenvalue weighted by Gasteiger charge is -2.16. The van der Waals surface area contributed by atoms with E-state index in [2.05, 4.69) is 88.7 Å². The third-order valence-corrected chi connectivity index (χ3v) is 12.7. The highest BCUT2D eigenvalue weighted by atomic mass is 16.6. The molecule has 12 heteroatoms. The normalized spacial score (nSPS) is 10.8. The van der Waals surface area contributed by atoms with Gasteiger partial charge < -0.3 is 38.6 Å². The number of hydrogen-bond donors (Lipinski definition) is 2. The summed E-state index contributed by atoms with van der Waals surface area (Å²) in [7, 11) is 0. The third-order valence-electron chi connectivity index (χ3n) is 12.7. The summed E-state index contributed by atoms with van der Waals surface area (Å²) >= 11 is 0. The molecule has 6 rings (SSSR count). The highest BCUT2D eigenvalue weighted by Crippen LogP contribution is 2.40. The molecule has 0 aliphatic carbocycles. The van der Waals surface area contributed by atoms with Crippen molar-refractivity contribution in [3.05, 3.63) is 218 Å². The first-order chi connectivity index (χ1) is 39.1. The monoisotopic (exact) mass is 1090 g/mol. The molecule has 0 bridgehead atoms. The Morgan fingerprint density at radius 2 is 0.778 bits per heavy atom. The summed E-state index contributed by atoms with van der Waals surface area (Å²) in [6, 6.07) is 39.9. The van der Waals surface area contributed by atoms with Crippen LogP contribution in [0, 0.1) is 0 Å². The molecule has 0 radical (unpaired) electrons. The van der Waals surface area contributed by atoms with E-state index in [9.17, 15) is 29.4 Å². The number of rotatable bonds is 28. The molecule has 12 nitrogen and oxygen atoms in total. The first kappa shape index (κ1) is 63.0. The van der Waals surface area contributed by atoms with Crippen molar-refractivity contribution in [2.45, 2.75) is 98.8 Å². The minimum Gasteiger partial charge on any atom is -0.461 e. The Morgan fingerprint density at radius 3 is 1.11 bits per heavy atom. The van der Waals surface area contributed by atoms with Crippen LogP contribution in [0.2, 0.25) is 0 Å². The van der Waals surface area contributed by atoms with Crippen molar-refractivity contribution >= 4 is 23.9 Å². The zero-order chi connectivity index (χ0) is 58.7. The van der Waals surface area contributed by atoms with Crippen molar-refractivity contribution in [1.29, 1.82) is 0 Å². The maximum Gasteiger partial charge on any atom is 0.338 e. The predicted molar refractivity (Wildman–Crippen MR) is 320 cm³/mol. The smallest absolute Gasteiger partial charge is 0.338 e. The zero-order valence-electron chi connectivity index (χ0n) is 47.2. The summed E-state index contributed by atoms with van der Waals surface area (Å²) in [5.41, 5.74) is 11.8. The van der Waals surface area contributed by atoms with Crippen molar-refractivity contribution in [3.63, 3.8) is 0 Å². The molecule has 0 aliphatic rings. The van der Waals surface area contributed by atoms with Crippen LogP contribution in [0.15, 0.2) is 195 Å². The summed E-state index contributed by atoms with van der Waals surface area (Å²) in [5.74, 6) is -0.867. The molecule has 0 saturated heterocycles. The number of carbonyl (C=O) groups is 4. The van der Waals surface area contributed by atoms with E-state index in [-0.39, 0.29) is 42.8 Å². The fourth-order valence-corrected chi connectivity index (χ4v) is 8.17. The lowest BCUT2D eigenvalue weighted by molar-refractivity contribution is -0.134. The molecule has 81 heavy (non-hydrogen) atoms. The van der Waals surface area contributed by atoms with Crippen LogP contribution in [0.4, 0.5) is 0 Å². The molecule has 0 saturated carbocycles. The molecule has 0 heterocycles. The molecule has 0 unspecified atom stereocenters. The quantitative estimate of drug-likeness (QED) is 0.0157. The second kappa shape index (κ2) is 32.9. The van der Waals surface area contributed by atoms with Gasteiger partial charge in [-0.15, -0.1) is 0 Å². The maximum absolute atomic E-state index is 12.5. The van der Waals surface area contributed by atoms with Crippen molar-refractivity contribution in [1.82, 2.24) is 0 Å². The summed E-state index contributed by atoms with van der Waals surface area (Å²) in [6.07, 6.45) is 15.7. The lowest BCUT2D eigenvalue weighted by atomic mass is 9.97. The summed E-state index contributed by atoms with van der Waals surface area (Å²) < 4.78 is 32.7. The van der Waals surface area contributed by atoms with Gasteiger partial charge in [0.2, 0.25) is 0 Å². The third kappa shape index (κ3) is 19.8. The first-order valence-electron chi connectivity index (χ1n) is 27.1. The van der Waals surface area contributed by atoms with Gasteiger partial charge in [-0.25, -0.2) is 19.2 Å². The molecule has 0 aliphatic heterocycles. The number of aliphatic hydroxyl groups excluding tert-OH is 2. The Balaban J connectivity index is 0.000000297. The van der Waals surface area contributed by atoms with Gasteiger partial charge in [0.15, 0.2) is 0 Å². The molecule has 0 atom stereocenters. The molecule has 0 amide bonds. The van der Waals surface area contributed by atoms with Gasteiger partial charge in [-0.1, -0.05) is 163 Å². The van der Waals surface area contributed by atoms with Crippen LogP contribution in [-0.2, 0) is 54.3 Å². The van der Waals surface area contributed by atoms with Gasteiger partial charge >= 0.3 is 23.9 Å². The first-order valence-corrected chi connectivity index (χ1v) is 27.1. The molecule has 6 aromatic rings. The van der Waals surface area contributed by atoms with Crippen LogP contribution in [0.5, 0.6) is 23.0 Å². The van der Waals surface area contributed by atoms with Gasteiger partial charge in [-0.05, 0) is 128 Å². The van der Waals surface area contributed by atoms with Gasteiger partial charge in [0.1, 0.15) is 48.0 Å². The van der Waals surface area contributed by atoms with Crippen LogP contribution in [-0.4, -0.2) is 47.3 Å². The highest BCUT2D eigenvalue weighted by Gasteiger charge is 2.19. The summed E-state index contributed by atoms with van der Waals surface area (Å²) in [4.78, 5) is 47.8. The van der Waals surface area contributed by atoms with Gasteiger partial charge in [0, 0.05) is 58.3 Å². The molecular weight excluding hydrogens is 1020 g/mol. The van der Waals surface area contributed by atoms with Crippen LogP contribution >= 0.6 is 0 Å². The largest absolute Gasteiger partial charge is 0.461 e. The second-order valence-electron chi connectivity index (χ2n) is 19.3. The fourth-order valence-electron chi connectivity index (χ4n) is 8.17. The number of aryl methyl sites for hydroxylation is 2. The molecular formula is C69H74O12. The van der Waals surface area contributed by atoms with Crippen molar-refractivity contribution < 1.29 is 57.8 Å². The molecule has 2 N–H and O–H groups in total. The number of hydrogen-bond acceptors (Lipinski definition) is 12. The summed E-state index contributed by atoms with van der Waals surface area (Å²) in [6.45, 7) is 23.0. The van der Waals surface area contributed by atoms with Crippen LogP contribution in [0.25, 0.3) is 44.5 Å². The number of aliphatic hydroxyl groups is 2. The Labute approximate surface area is 477 Å². The van der Waals surface area contributed by atoms with Crippen LogP contribution < -0.4 is 18.9 Å². The number of ether oxygens (including phenoxy) is 6. The standard InChI is InChI=1S/C35H38O6.C34H36O6/c1-6-7-8-9-26-10-12-27(13-11-26)28-14-16-29(17-15-28)31-23-32(39-20-21-40-34(37)24(2)3)30(18-19-36)22-33(31)41-35(38)25(4)5;1-5-7-8-9-25-10-12-26(13-11-25)27-14-16-28(17-15-27)30-23-31(38-20-21-39-34(37)24(3)4)29(18-19-35)22-32(30)40-33(36)6-2/h10-17,20-23,36H,2,4,6-9,18-19H2,1,3,5H3;6,10-17,20-23,35H,2-3,5,7-9,18-19H2,1,4H3/b2*21-20+. The summed E-state index contributed by atoms with van der Waals surface area (Å²) in [5, 5.41) is 19.2. The average Bonchev–Trinajstić information content (AvgIpc) is 3.49. The lowest BCUT2D eigenvalue weighted by Crippen LogP contribution is -2.10. The zero-order valence-corrected chi connectivity index (χ0v) is 47.2. The van der Waals surface area contributed by atoms with Crippen LogP contribution in [0.3, 0.4) is 0 Å². The molecule has 0 spiro atoms. The van der Waals surface area contributed by atoms with E-state index in [1.165, 1.54) is 62.2 Å². The Morgan fingerprint density at radius 1 is 0.432 bits per heavy atom. The van der Waals surface area contributed by atoms with E-state index < -0.39 is 23.9 Å². The van der Waals surface area contributed by atoms with E-state index >= 15 is 0 Å². The SMILES string of the molecule is C=C(C)C(=O)O/C=C/Oc1cc(-c2ccc(-c3ccc(CCCCC)cc3)cc2)c(OC(=O)C(=C)C)cc1CCO.C=CC(=O)Oc1cc(CCO)c(O/C=C/OC(=O)C(=C)C)cc1-c1ccc(-c2ccc(CCCCC)cc2)cc1. The minimum absolute atomic E-state index is 0.148. The molecule has 0 fully saturated rings. The van der Waals surface area contributed by atoms with Gasteiger partial charge in [-0.3, -0.25) is 0 Å². The number of benzene rings is 6. The van der Waals surface area contributed by atoms with Crippen molar-refractivity contribution in [2.75, 3.05) is 13.2 Å². The Kier molecular flexibility index (Phi) is 25.6. The minimum atomic E-state index is -0.605. The maximum atomic E-state index is 12.5. The van der Waals surface area contributed by atoms with Crippen molar-refractivity contribution in [3.8, 4) is 67.5 Å². The Hall–Kier alpha value is -8.84. The number of unbranched alkanes of at least 4 members (excludes halogenated alkanes) is 4. The van der Waals surface area contributed by atoms with Gasteiger partial charge in [0.25, 0.3) is 0 Å². The average molecular weight is 1100 g/mol. The number of carbonyl (C=O) groups excluding carboxylic acids is 4. The van der Waals surface area contributed by atoms with Gasteiger partial charge in [0.05, 0.1) is 0 Å². The van der Waals surface area contributed by atoms with Crippen LogP contribution in [0.1, 0.15) is 95.4 Å². The van der Waals surface area contributed by atoms with E-state index in [4.69, 9.17) is 28.4 Å². The number of esters is 4. The Bertz CT molecular complexity index is 3180.